The molecule has 0 bridgehead atoms. The van der Waals surface area contributed by atoms with Crippen molar-refractivity contribution in [2.75, 3.05) is 6.54 Å². The summed E-state index contributed by atoms with van der Waals surface area (Å²) in [6, 6.07) is 8.77. The second kappa shape index (κ2) is 2.47. The van der Waals surface area contributed by atoms with Crippen LogP contribution in [0.3, 0.4) is 0 Å². The lowest BCUT2D eigenvalue weighted by molar-refractivity contribution is 0.592. The van der Waals surface area contributed by atoms with Gasteiger partial charge in [0.05, 0.1) is 0 Å². The molecule has 2 unspecified atom stereocenters. The van der Waals surface area contributed by atoms with Gasteiger partial charge in [0.25, 0.3) is 0 Å². The van der Waals surface area contributed by atoms with Gasteiger partial charge in [-0.3, -0.25) is 4.99 Å². The number of benzene rings is 1. The number of nitrogens with zero attached hydrogens (tertiary/aromatic N) is 1. The van der Waals surface area contributed by atoms with Gasteiger partial charge in [-0.1, -0.05) is 36.8 Å². The van der Waals surface area contributed by atoms with Crippen LogP contribution in [0, 0.1) is 18.3 Å². The summed E-state index contributed by atoms with van der Waals surface area (Å²) in [7, 11) is 0. The highest BCUT2D eigenvalue weighted by Crippen LogP contribution is 2.57. The molecule has 0 amide bonds. The molecule has 1 aliphatic carbocycles. The molecule has 0 radical (unpaired) electrons. The zero-order valence-corrected chi connectivity index (χ0v) is 8.75. The molecular weight excluding hydrogens is 170 g/mol. The Labute approximate surface area is 84.9 Å². The SMILES string of the molecule is Cc1ccc(C2=NCC3(C)CC23)cc1. The number of aliphatic imine (C=N–C) groups is 1. The van der Waals surface area contributed by atoms with Crippen molar-refractivity contribution in [2.24, 2.45) is 16.3 Å². The van der Waals surface area contributed by atoms with Gasteiger partial charge in [-0.05, 0) is 24.3 Å². The topological polar surface area (TPSA) is 12.4 Å². The fraction of sp³-hybridized carbons (Fsp3) is 0.462. The summed E-state index contributed by atoms with van der Waals surface area (Å²) in [6.45, 7) is 5.52. The van der Waals surface area contributed by atoms with Gasteiger partial charge in [-0.25, -0.2) is 0 Å². The Morgan fingerprint density at radius 1 is 1.29 bits per heavy atom. The molecule has 1 nitrogen and oxygen atoms in total. The van der Waals surface area contributed by atoms with Crippen molar-refractivity contribution in [3.8, 4) is 0 Å². The lowest BCUT2D eigenvalue weighted by atomic mass is 10.0. The Kier molecular flexibility index (Phi) is 1.45. The van der Waals surface area contributed by atoms with E-state index >= 15 is 0 Å². The zero-order valence-electron chi connectivity index (χ0n) is 8.75. The first-order valence-corrected chi connectivity index (χ1v) is 5.30. The molecule has 1 aromatic rings. The Balaban J connectivity index is 1.94. The quantitative estimate of drug-likeness (QED) is 0.638. The van der Waals surface area contributed by atoms with E-state index in [0.29, 0.717) is 5.41 Å². The third kappa shape index (κ3) is 1.05. The van der Waals surface area contributed by atoms with E-state index in [0.717, 1.165) is 12.5 Å². The van der Waals surface area contributed by atoms with Crippen molar-refractivity contribution in [2.45, 2.75) is 20.3 Å². The molecule has 1 aliphatic heterocycles. The third-order valence-corrected chi connectivity index (χ3v) is 3.64. The highest BCUT2D eigenvalue weighted by molar-refractivity contribution is 6.06. The third-order valence-electron chi connectivity index (χ3n) is 3.64. The van der Waals surface area contributed by atoms with Crippen LogP contribution in [0.5, 0.6) is 0 Å². The molecule has 1 heteroatoms. The minimum atomic E-state index is 0.528. The molecule has 1 fully saturated rings. The van der Waals surface area contributed by atoms with Crippen LogP contribution in [0.1, 0.15) is 24.5 Å². The van der Waals surface area contributed by atoms with Crippen LogP contribution < -0.4 is 0 Å². The van der Waals surface area contributed by atoms with Crippen LogP contribution in [0.15, 0.2) is 29.3 Å². The first-order chi connectivity index (χ1) is 6.69. The van der Waals surface area contributed by atoms with Crippen molar-refractivity contribution < 1.29 is 0 Å². The maximum atomic E-state index is 4.65. The van der Waals surface area contributed by atoms with Crippen molar-refractivity contribution in [1.82, 2.24) is 0 Å². The van der Waals surface area contributed by atoms with Crippen molar-refractivity contribution >= 4 is 5.71 Å². The molecule has 2 atom stereocenters. The first-order valence-electron chi connectivity index (χ1n) is 5.30. The number of rotatable bonds is 1. The molecule has 3 rings (SSSR count). The highest BCUT2D eigenvalue weighted by atomic mass is 14.9. The van der Waals surface area contributed by atoms with E-state index in [4.69, 9.17) is 0 Å². The van der Waals surface area contributed by atoms with Gasteiger partial charge in [0.15, 0.2) is 0 Å². The maximum Gasteiger partial charge on any atom is 0.0458 e. The molecular formula is C13H15N. The lowest BCUT2D eigenvalue weighted by Gasteiger charge is -2.02. The fourth-order valence-electron chi connectivity index (χ4n) is 2.40. The summed E-state index contributed by atoms with van der Waals surface area (Å²) in [5.74, 6) is 0.755. The minimum Gasteiger partial charge on any atom is -0.288 e. The van der Waals surface area contributed by atoms with Crippen LogP contribution in [-0.2, 0) is 0 Å². The summed E-state index contributed by atoms with van der Waals surface area (Å²) in [5.41, 5.74) is 4.54. The highest BCUT2D eigenvalue weighted by Gasteiger charge is 2.56. The number of hydrogen-bond acceptors (Lipinski definition) is 1. The molecule has 0 aromatic heterocycles. The van der Waals surface area contributed by atoms with Crippen LogP contribution in [0.2, 0.25) is 0 Å². The van der Waals surface area contributed by atoms with E-state index in [2.05, 4.69) is 43.1 Å². The Morgan fingerprint density at radius 2 is 2.00 bits per heavy atom. The van der Waals surface area contributed by atoms with Gasteiger partial charge in [0.2, 0.25) is 0 Å². The standard InChI is InChI=1S/C13H15N/c1-9-3-5-10(6-4-9)12-11-7-13(11,2)8-14-12/h3-6,11H,7-8H2,1-2H3. The van der Waals surface area contributed by atoms with Gasteiger partial charge < -0.3 is 0 Å². The van der Waals surface area contributed by atoms with Crippen LogP contribution in [-0.4, -0.2) is 12.3 Å². The van der Waals surface area contributed by atoms with Crippen molar-refractivity contribution in [1.29, 1.82) is 0 Å². The fourth-order valence-corrected chi connectivity index (χ4v) is 2.40. The predicted molar refractivity (Wildman–Crippen MR) is 58.8 cm³/mol. The van der Waals surface area contributed by atoms with E-state index in [1.165, 1.54) is 23.3 Å². The smallest absolute Gasteiger partial charge is 0.0458 e. The second-order valence-electron chi connectivity index (χ2n) is 4.98. The molecule has 1 aromatic carbocycles. The van der Waals surface area contributed by atoms with E-state index in [9.17, 15) is 0 Å². The number of aryl methyl sites for hydroxylation is 1. The summed E-state index contributed by atoms with van der Waals surface area (Å²) in [6.07, 6.45) is 1.35. The van der Waals surface area contributed by atoms with Crippen LogP contribution >= 0.6 is 0 Å². The van der Waals surface area contributed by atoms with Crippen LogP contribution in [0.25, 0.3) is 0 Å². The molecule has 72 valence electrons. The average Bonchev–Trinajstić information content (AvgIpc) is 2.73. The summed E-state index contributed by atoms with van der Waals surface area (Å²) < 4.78 is 0. The van der Waals surface area contributed by atoms with Gasteiger partial charge >= 0.3 is 0 Å². The van der Waals surface area contributed by atoms with Gasteiger partial charge in [0.1, 0.15) is 0 Å². The molecule has 0 N–H and O–H groups in total. The largest absolute Gasteiger partial charge is 0.288 e. The first kappa shape index (κ1) is 8.22. The molecule has 2 aliphatic rings. The summed E-state index contributed by atoms with van der Waals surface area (Å²) in [5, 5.41) is 0. The Morgan fingerprint density at radius 3 is 2.50 bits per heavy atom. The second-order valence-corrected chi connectivity index (χ2v) is 4.98. The normalized spacial score (nSPS) is 33.9. The van der Waals surface area contributed by atoms with Gasteiger partial charge in [-0.2, -0.15) is 0 Å². The van der Waals surface area contributed by atoms with Crippen molar-refractivity contribution in [3.63, 3.8) is 0 Å². The zero-order chi connectivity index (χ0) is 9.76. The summed E-state index contributed by atoms with van der Waals surface area (Å²) in [4.78, 5) is 4.65. The number of fused-ring (bicyclic) bond motifs is 1. The molecule has 0 spiro atoms. The van der Waals surface area contributed by atoms with E-state index < -0.39 is 0 Å². The Bertz CT molecular complexity index is 402. The molecule has 14 heavy (non-hydrogen) atoms. The van der Waals surface area contributed by atoms with Crippen LogP contribution in [0.4, 0.5) is 0 Å². The Hall–Kier alpha value is -1.11. The van der Waals surface area contributed by atoms with Gasteiger partial charge in [0, 0.05) is 18.2 Å². The maximum absolute atomic E-state index is 4.65. The molecule has 1 heterocycles. The minimum absolute atomic E-state index is 0.528. The van der Waals surface area contributed by atoms with E-state index in [1.54, 1.807) is 0 Å². The van der Waals surface area contributed by atoms with Crippen molar-refractivity contribution in [3.05, 3.63) is 35.4 Å². The monoisotopic (exact) mass is 185 g/mol. The van der Waals surface area contributed by atoms with E-state index in [1.807, 2.05) is 0 Å². The average molecular weight is 185 g/mol. The van der Waals surface area contributed by atoms with E-state index in [-0.39, 0.29) is 0 Å². The number of hydrogen-bond donors (Lipinski definition) is 0. The van der Waals surface area contributed by atoms with Gasteiger partial charge in [-0.15, -0.1) is 0 Å². The summed E-state index contributed by atoms with van der Waals surface area (Å²) >= 11 is 0. The lowest BCUT2D eigenvalue weighted by Crippen LogP contribution is -2.02. The molecule has 0 saturated heterocycles. The predicted octanol–water partition coefficient (Wildman–Crippen LogP) is 2.82. The molecule has 1 saturated carbocycles.